The number of urea groups is 1. The second-order valence-corrected chi connectivity index (χ2v) is 7.65. The summed E-state index contributed by atoms with van der Waals surface area (Å²) < 4.78 is 11.3. The molecule has 2 atom stereocenters. The summed E-state index contributed by atoms with van der Waals surface area (Å²) in [6.45, 7) is 5.66. The van der Waals surface area contributed by atoms with Gasteiger partial charge in [0.1, 0.15) is 5.82 Å². The lowest BCUT2D eigenvalue weighted by atomic mass is 10.3. The van der Waals surface area contributed by atoms with Gasteiger partial charge < -0.3 is 15.1 Å². The smallest absolute Gasteiger partial charge is 0.317 e. The van der Waals surface area contributed by atoms with Crippen LogP contribution >= 0.6 is 0 Å². The van der Waals surface area contributed by atoms with E-state index in [2.05, 4.69) is 15.2 Å². The lowest BCUT2D eigenvalue weighted by Crippen LogP contribution is -2.42. The van der Waals surface area contributed by atoms with Crippen molar-refractivity contribution in [2.75, 3.05) is 43.9 Å². The largest absolute Gasteiger partial charge is 0.355 e. The third-order valence-electron chi connectivity index (χ3n) is 4.15. The van der Waals surface area contributed by atoms with Crippen molar-refractivity contribution in [3.8, 4) is 0 Å². The number of anilines is 1. The van der Waals surface area contributed by atoms with Crippen molar-refractivity contribution in [2.24, 2.45) is 0 Å². The van der Waals surface area contributed by atoms with Crippen LogP contribution in [0.3, 0.4) is 0 Å². The number of nitrogens with one attached hydrogen (secondary N) is 1. The Morgan fingerprint density at radius 1 is 1.35 bits per heavy atom. The molecule has 1 aliphatic heterocycles. The number of amides is 2. The monoisotopic (exact) mass is 338 g/mol. The Hall–Kier alpha value is -1.63. The van der Waals surface area contributed by atoms with E-state index < -0.39 is 10.8 Å². The maximum absolute atomic E-state index is 12.3. The SMILES string of the molecule is C[C@H](CCNC(=O)N1CCCN(c2ccccn2)CC1)[S@](C)=O. The molecule has 0 aliphatic carbocycles. The van der Waals surface area contributed by atoms with Crippen LogP contribution in [-0.2, 0) is 10.8 Å². The summed E-state index contributed by atoms with van der Waals surface area (Å²) in [4.78, 5) is 20.7. The van der Waals surface area contributed by atoms with Crippen LogP contribution in [0.5, 0.6) is 0 Å². The lowest BCUT2D eigenvalue weighted by Gasteiger charge is -2.23. The lowest BCUT2D eigenvalue weighted by molar-refractivity contribution is 0.201. The van der Waals surface area contributed by atoms with E-state index in [-0.39, 0.29) is 11.3 Å². The Morgan fingerprint density at radius 2 is 2.17 bits per heavy atom. The van der Waals surface area contributed by atoms with Crippen molar-refractivity contribution in [1.29, 1.82) is 0 Å². The van der Waals surface area contributed by atoms with Crippen LogP contribution in [0.1, 0.15) is 19.8 Å². The van der Waals surface area contributed by atoms with E-state index in [4.69, 9.17) is 0 Å². The standard InChI is InChI=1S/C16H26N4O2S/c1-14(23(2)22)7-9-18-16(21)20-11-5-10-19(12-13-20)15-6-3-4-8-17-15/h3-4,6,8,14H,5,7,9-13H2,1-2H3,(H,18,21)/t14-,23+/m1/s1. The first kappa shape index (κ1) is 17.7. The van der Waals surface area contributed by atoms with Crippen molar-refractivity contribution in [3.63, 3.8) is 0 Å². The van der Waals surface area contributed by atoms with E-state index in [1.165, 1.54) is 0 Å². The molecule has 0 unspecified atom stereocenters. The van der Waals surface area contributed by atoms with E-state index in [0.29, 0.717) is 13.1 Å². The number of aromatic nitrogens is 1. The second kappa shape index (κ2) is 8.86. The van der Waals surface area contributed by atoms with Crippen LogP contribution in [0.15, 0.2) is 24.4 Å². The minimum Gasteiger partial charge on any atom is -0.355 e. The zero-order valence-electron chi connectivity index (χ0n) is 13.9. The first-order valence-electron chi connectivity index (χ1n) is 8.09. The molecule has 1 aromatic heterocycles. The quantitative estimate of drug-likeness (QED) is 0.883. The van der Waals surface area contributed by atoms with Crippen LogP contribution in [-0.4, -0.2) is 64.4 Å². The molecule has 1 N–H and O–H groups in total. The maximum Gasteiger partial charge on any atom is 0.317 e. The van der Waals surface area contributed by atoms with Gasteiger partial charge >= 0.3 is 6.03 Å². The van der Waals surface area contributed by atoms with Gasteiger partial charge in [-0.05, 0) is 25.0 Å². The number of carbonyl (C=O) groups is 1. The van der Waals surface area contributed by atoms with Crippen LogP contribution in [0, 0.1) is 0 Å². The molecular weight excluding hydrogens is 312 g/mol. The van der Waals surface area contributed by atoms with Gasteiger partial charge in [0.25, 0.3) is 0 Å². The topological polar surface area (TPSA) is 65.5 Å². The molecular formula is C16H26N4O2S. The number of rotatable bonds is 5. The van der Waals surface area contributed by atoms with Crippen molar-refractivity contribution >= 4 is 22.6 Å². The third kappa shape index (κ3) is 5.49. The first-order chi connectivity index (χ1) is 11.1. The average Bonchev–Trinajstić information content (AvgIpc) is 2.81. The number of hydrogen-bond acceptors (Lipinski definition) is 4. The van der Waals surface area contributed by atoms with E-state index in [0.717, 1.165) is 38.3 Å². The fraction of sp³-hybridized carbons (Fsp3) is 0.625. The Balaban J connectivity index is 1.78. The molecule has 0 bridgehead atoms. The molecule has 1 aromatic rings. The Labute approximate surface area is 140 Å². The Bertz CT molecular complexity index is 526. The molecule has 128 valence electrons. The predicted molar refractivity (Wildman–Crippen MR) is 94.2 cm³/mol. The maximum atomic E-state index is 12.3. The average molecular weight is 338 g/mol. The highest BCUT2D eigenvalue weighted by molar-refractivity contribution is 7.84. The van der Waals surface area contributed by atoms with Crippen LogP contribution in [0.25, 0.3) is 0 Å². The minimum atomic E-state index is -0.837. The summed E-state index contributed by atoms with van der Waals surface area (Å²) in [7, 11) is -0.837. The molecule has 2 amide bonds. The molecule has 2 heterocycles. The molecule has 2 rings (SSSR count). The zero-order valence-corrected chi connectivity index (χ0v) is 14.7. The van der Waals surface area contributed by atoms with E-state index in [9.17, 15) is 9.00 Å². The predicted octanol–water partition coefficient (Wildman–Crippen LogP) is 1.46. The summed E-state index contributed by atoms with van der Waals surface area (Å²) in [6, 6.07) is 5.87. The van der Waals surface area contributed by atoms with E-state index >= 15 is 0 Å². The molecule has 0 radical (unpaired) electrons. The van der Waals surface area contributed by atoms with Gasteiger partial charge in [-0.3, -0.25) is 4.21 Å². The molecule has 0 aromatic carbocycles. The van der Waals surface area contributed by atoms with Gasteiger partial charge in [-0.1, -0.05) is 13.0 Å². The minimum absolute atomic E-state index is 0.0260. The number of nitrogens with zero attached hydrogens (tertiary/aromatic N) is 3. The molecule has 1 fully saturated rings. The van der Waals surface area contributed by atoms with Gasteiger partial charge in [-0.25, -0.2) is 9.78 Å². The number of carbonyl (C=O) groups excluding carboxylic acids is 1. The zero-order chi connectivity index (χ0) is 16.7. The Morgan fingerprint density at radius 3 is 2.87 bits per heavy atom. The molecule has 0 spiro atoms. The van der Waals surface area contributed by atoms with Gasteiger partial charge in [0.05, 0.1) is 0 Å². The van der Waals surface area contributed by atoms with E-state index in [1.807, 2.05) is 30.0 Å². The second-order valence-electron chi connectivity index (χ2n) is 5.85. The molecule has 1 aliphatic rings. The Kier molecular flexibility index (Phi) is 6.83. The summed E-state index contributed by atoms with van der Waals surface area (Å²) >= 11 is 0. The van der Waals surface area contributed by atoms with Crippen LogP contribution in [0.4, 0.5) is 10.6 Å². The summed E-state index contributed by atoms with van der Waals surface area (Å²) in [5.41, 5.74) is 0. The number of pyridine rings is 1. The van der Waals surface area contributed by atoms with Crippen LogP contribution < -0.4 is 10.2 Å². The van der Waals surface area contributed by atoms with Crippen molar-refractivity contribution in [3.05, 3.63) is 24.4 Å². The highest BCUT2D eigenvalue weighted by atomic mass is 32.2. The summed E-state index contributed by atoms with van der Waals surface area (Å²) in [6.07, 6.45) is 5.17. The van der Waals surface area contributed by atoms with Crippen LogP contribution in [0.2, 0.25) is 0 Å². The molecule has 0 saturated carbocycles. The first-order valence-corrected chi connectivity index (χ1v) is 9.71. The highest BCUT2D eigenvalue weighted by Gasteiger charge is 2.19. The van der Waals surface area contributed by atoms with Crippen molar-refractivity contribution < 1.29 is 9.00 Å². The number of hydrogen-bond donors (Lipinski definition) is 1. The van der Waals surface area contributed by atoms with Gasteiger partial charge in [0.15, 0.2) is 0 Å². The summed E-state index contributed by atoms with van der Waals surface area (Å²) in [5, 5.41) is 3.05. The highest BCUT2D eigenvalue weighted by Crippen LogP contribution is 2.12. The molecule has 1 saturated heterocycles. The van der Waals surface area contributed by atoms with Gasteiger partial charge in [0, 0.05) is 61.2 Å². The van der Waals surface area contributed by atoms with Gasteiger partial charge in [-0.2, -0.15) is 0 Å². The van der Waals surface area contributed by atoms with E-state index in [1.54, 1.807) is 12.5 Å². The fourth-order valence-corrected chi connectivity index (χ4v) is 3.00. The van der Waals surface area contributed by atoms with Crippen molar-refractivity contribution in [2.45, 2.75) is 25.0 Å². The fourth-order valence-electron chi connectivity index (χ4n) is 2.55. The van der Waals surface area contributed by atoms with Crippen molar-refractivity contribution in [1.82, 2.24) is 15.2 Å². The third-order valence-corrected chi connectivity index (χ3v) is 5.52. The molecule has 7 heteroatoms. The molecule has 23 heavy (non-hydrogen) atoms. The normalized spacial score (nSPS) is 18.2. The molecule has 6 nitrogen and oxygen atoms in total. The summed E-state index contributed by atoms with van der Waals surface area (Å²) in [5.74, 6) is 0.967. The van der Waals surface area contributed by atoms with Gasteiger partial charge in [-0.15, -0.1) is 0 Å². The van der Waals surface area contributed by atoms with Gasteiger partial charge in [0.2, 0.25) is 0 Å².